The van der Waals surface area contributed by atoms with Gasteiger partial charge in [-0.2, -0.15) is 16.9 Å². The molecule has 6 heteroatoms. The van der Waals surface area contributed by atoms with Gasteiger partial charge in [-0.25, -0.2) is 0 Å². The highest BCUT2D eigenvalue weighted by Gasteiger charge is 2.31. The number of amides is 1. The lowest BCUT2D eigenvalue weighted by Gasteiger charge is -2.25. The highest BCUT2D eigenvalue weighted by Crippen LogP contribution is 2.27. The van der Waals surface area contributed by atoms with E-state index in [1.807, 2.05) is 27.4 Å². The van der Waals surface area contributed by atoms with Crippen LogP contribution in [-0.4, -0.2) is 58.3 Å². The number of rotatable bonds is 8. The minimum absolute atomic E-state index is 0.125. The molecule has 0 radical (unpaired) electrons. The van der Waals surface area contributed by atoms with Crippen LogP contribution in [0.1, 0.15) is 47.4 Å². The number of allylic oxidation sites excluding steroid dienone is 1. The standard InChI is InChI=1S/C19H30N4OS/c1-3-10-23-17-8-7-15(20-9-6-13-25-2)14-16(17)18(21-23)19(24)22-11-4-5-12-22/h3,15,20H,1,4-14H2,2H3/t15-/m0/s1. The van der Waals surface area contributed by atoms with E-state index in [-0.39, 0.29) is 5.91 Å². The lowest BCUT2D eigenvalue weighted by molar-refractivity contribution is 0.0785. The summed E-state index contributed by atoms with van der Waals surface area (Å²) in [4.78, 5) is 14.9. The number of hydrogen-bond acceptors (Lipinski definition) is 4. The number of nitrogens with one attached hydrogen (secondary N) is 1. The fourth-order valence-corrected chi connectivity index (χ4v) is 4.33. The number of hydrogen-bond donors (Lipinski definition) is 1. The summed E-state index contributed by atoms with van der Waals surface area (Å²) >= 11 is 1.89. The van der Waals surface area contributed by atoms with Crippen LogP contribution in [0.5, 0.6) is 0 Å². The molecular formula is C19H30N4OS. The number of nitrogens with zero attached hydrogens (tertiary/aromatic N) is 3. The number of carbonyl (C=O) groups excluding carboxylic acids is 1. The van der Waals surface area contributed by atoms with Crippen LogP contribution in [0.25, 0.3) is 0 Å². The molecule has 1 saturated heterocycles. The Morgan fingerprint density at radius 1 is 1.44 bits per heavy atom. The zero-order valence-electron chi connectivity index (χ0n) is 15.3. The summed E-state index contributed by atoms with van der Waals surface area (Å²) in [6, 6.07) is 0.459. The minimum atomic E-state index is 0.125. The molecule has 1 amide bonds. The van der Waals surface area contributed by atoms with E-state index in [2.05, 4.69) is 18.2 Å². The van der Waals surface area contributed by atoms with Crippen molar-refractivity contribution in [3.8, 4) is 0 Å². The summed E-state index contributed by atoms with van der Waals surface area (Å²) < 4.78 is 2.00. The van der Waals surface area contributed by atoms with Gasteiger partial charge in [0.2, 0.25) is 0 Å². The van der Waals surface area contributed by atoms with E-state index in [9.17, 15) is 4.79 Å². The number of thioether (sulfide) groups is 1. The van der Waals surface area contributed by atoms with Crippen molar-refractivity contribution in [3.63, 3.8) is 0 Å². The molecule has 1 aliphatic heterocycles. The lowest BCUT2D eigenvalue weighted by Crippen LogP contribution is -2.36. The fraction of sp³-hybridized carbons (Fsp3) is 0.684. The largest absolute Gasteiger partial charge is 0.337 e. The first-order valence-electron chi connectivity index (χ1n) is 9.45. The van der Waals surface area contributed by atoms with Crippen molar-refractivity contribution in [2.75, 3.05) is 31.6 Å². The zero-order chi connectivity index (χ0) is 17.6. The smallest absolute Gasteiger partial charge is 0.274 e. The van der Waals surface area contributed by atoms with Crippen LogP contribution in [0, 0.1) is 0 Å². The van der Waals surface area contributed by atoms with Crippen LogP contribution in [-0.2, 0) is 19.4 Å². The highest BCUT2D eigenvalue weighted by molar-refractivity contribution is 7.98. The Kier molecular flexibility index (Phi) is 6.59. The van der Waals surface area contributed by atoms with Gasteiger partial charge in [0, 0.05) is 30.4 Å². The maximum absolute atomic E-state index is 12.9. The maximum Gasteiger partial charge on any atom is 0.274 e. The molecule has 0 unspecified atom stereocenters. The van der Waals surface area contributed by atoms with E-state index < -0.39 is 0 Å². The third kappa shape index (κ3) is 4.29. The second-order valence-corrected chi connectivity index (χ2v) is 7.97. The Balaban J connectivity index is 1.75. The average molecular weight is 363 g/mol. The first kappa shape index (κ1) is 18.5. The molecule has 1 atom stereocenters. The van der Waals surface area contributed by atoms with E-state index in [4.69, 9.17) is 5.10 Å². The molecule has 0 spiro atoms. The zero-order valence-corrected chi connectivity index (χ0v) is 16.1. The molecule has 5 nitrogen and oxygen atoms in total. The monoisotopic (exact) mass is 362 g/mol. The van der Waals surface area contributed by atoms with Gasteiger partial charge in [0.15, 0.2) is 5.69 Å². The van der Waals surface area contributed by atoms with E-state index in [0.717, 1.165) is 51.7 Å². The molecule has 138 valence electrons. The van der Waals surface area contributed by atoms with Crippen molar-refractivity contribution in [2.24, 2.45) is 0 Å². The summed E-state index contributed by atoms with van der Waals surface area (Å²) in [5.41, 5.74) is 3.10. The van der Waals surface area contributed by atoms with Crippen molar-refractivity contribution >= 4 is 17.7 Å². The molecule has 0 bridgehead atoms. The lowest BCUT2D eigenvalue weighted by atomic mass is 9.91. The molecule has 1 aromatic rings. The normalized spacial score (nSPS) is 19.9. The van der Waals surface area contributed by atoms with Gasteiger partial charge in [-0.15, -0.1) is 6.58 Å². The Morgan fingerprint density at radius 3 is 2.96 bits per heavy atom. The van der Waals surface area contributed by atoms with E-state index >= 15 is 0 Å². The fourth-order valence-electron chi connectivity index (χ4n) is 3.90. The van der Waals surface area contributed by atoms with E-state index in [1.54, 1.807) is 0 Å². The Morgan fingerprint density at radius 2 is 2.24 bits per heavy atom. The predicted molar refractivity (Wildman–Crippen MR) is 104 cm³/mol. The first-order chi connectivity index (χ1) is 12.2. The summed E-state index contributed by atoms with van der Waals surface area (Å²) in [7, 11) is 0. The van der Waals surface area contributed by atoms with Gasteiger partial charge in [0.25, 0.3) is 5.91 Å². The molecule has 3 rings (SSSR count). The summed E-state index contributed by atoms with van der Waals surface area (Å²) in [5, 5.41) is 8.37. The maximum atomic E-state index is 12.9. The number of fused-ring (bicyclic) bond motifs is 1. The first-order valence-corrected chi connectivity index (χ1v) is 10.8. The Hall–Kier alpha value is -1.27. The molecule has 1 aromatic heterocycles. The van der Waals surface area contributed by atoms with Crippen LogP contribution in [0.15, 0.2) is 12.7 Å². The molecule has 0 saturated carbocycles. The van der Waals surface area contributed by atoms with Crippen LogP contribution >= 0.6 is 11.8 Å². The summed E-state index contributed by atoms with van der Waals surface area (Å²) in [5.74, 6) is 1.32. The Bertz CT molecular complexity index is 607. The van der Waals surface area contributed by atoms with E-state index in [1.165, 1.54) is 23.4 Å². The van der Waals surface area contributed by atoms with Gasteiger partial charge in [-0.1, -0.05) is 6.08 Å². The number of carbonyl (C=O) groups is 1. The van der Waals surface area contributed by atoms with Gasteiger partial charge in [-0.05, 0) is 57.1 Å². The molecule has 1 N–H and O–H groups in total. The van der Waals surface area contributed by atoms with Crippen LogP contribution in [0.2, 0.25) is 0 Å². The van der Waals surface area contributed by atoms with Crippen molar-refractivity contribution in [1.29, 1.82) is 0 Å². The summed E-state index contributed by atoms with van der Waals surface area (Å²) in [6.45, 7) is 7.32. The van der Waals surface area contributed by atoms with Crippen LogP contribution in [0.4, 0.5) is 0 Å². The van der Waals surface area contributed by atoms with Gasteiger partial charge >= 0.3 is 0 Å². The van der Waals surface area contributed by atoms with Crippen molar-refractivity contribution < 1.29 is 4.79 Å². The van der Waals surface area contributed by atoms with Gasteiger partial charge in [0.05, 0.1) is 6.54 Å². The minimum Gasteiger partial charge on any atom is -0.337 e. The predicted octanol–water partition coefficient (Wildman–Crippen LogP) is 2.51. The topological polar surface area (TPSA) is 50.2 Å². The second kappa shape index (κ2) is 8.90. The molecule has 25 heavy (non-hydrogen) atoms. The third-order valence-electron chi connectivity index (χ3n) is 5.20. The number of likely N-dealkylation sites (tertiary alicyclic amines) is 1. The Labute approximate surface area is 155 Å². The van der Waals surface area contributed by atoms with E-state index in [0.29, 0.717) is 18.3 Å². The molecule has 2 heterocycles. The second-order valence-electron chi connectivity index (χ2n) is 6.98. The molecule has 2 aliphatic rings. The SMILES string of the molecule is C=CCn1nc(C(=O)N2CCCC2)c2c1CC[C@H](NCCCSC)C2. The van der Waals surface area contributed by atoms with Crippen LogP contribution in [0.3, 0.4) is 0 Å². The molecule has 0 aromatic carbocycles. The van der Waals surface area contributed by atoms with Crippen LogP contribution < -0.4 is 5.32 Å². The third-order valence-corrected chi connectivity index (χ3v) is 5.90. The number of aromatic nitrogens is 2. The van der Waals surface area contributed by atoms with Gasteiger partial charge < -0.3 is 10.2 Å². The van der Waals surface area contributed by atoms with Gasteiger partial charge in [-0.3, -0.25) is 9.48 Å². The highest BCUT2D eigenvalue weighted by atomic mass is 32.2. The van der Waals surface area contributed by atoms with Crippen molar-refractivity contribution in [2.45, 2.75) is 51.1 Å². The molecular weight excluding hydrogens is 332 g/mol. The van der Waals surface area contributed by atoms with Gasteiger partial charge in [0.1, 0.15) is 0 Å². The molecule has 1 aliphatic carbocycles. The quantitative estimate of drug-likeness (QED) is 0.570. The average Bonchev–Trinajstić information content (AvgIpc) is 3.27. The van der Waals surface area contributed by atoms with Crippen molar-refractivity contribution in [3.05, 3.63) is 29.6 Å². The van der Waals surface area contributed by atoms with Crippen molar-refractivity contribution in [1.82, 2.24) is 20.0 Å². The summed E-state index contributed by atoms with van der Waals surface area (Å²) in [6.07, 6.45) is 10.5. The molecule has 1 fully saturated rings.